The van der Waals surface area contributed by atoms with Crippen LogP contribution in [0.25, 0.3) is 0 Å². The first-order chi connectivity index (χ1) is 8.83. The van der Waals surface area contributed by atoms with E-state index in [-0.39, 0.29) is 6.79 Å². The summed E-state index contributed by atoms with van der Waals surface area (Å²) in [7, 11) is 0. The van der Waals surface area contributed by atoms with Crippen molar-refractivity contribution in [3.8, 4) is 11.5 Å². The third-order valence-corrected chi connectivity index (χ3v) is 3.09. The summed E-state index contributed by atoms with van der Waals surface area (Å²) in [4.78, 5) is 0. The van der Waals surface area contributed by atoms with Gasteiger partial charge in [0.25, 0.3) is 0 Å². The summed E-state index contributed by atoms with van der Waals surface area (Å²) in [6.07, 6.45) is 1.78. The Labute approximate surface area is 110 Å². The van der Waals surface area contributed by atoms with Gasteiger partial charge in [-0.05, 0) is 17.7 Å². The SMILES string of the molecule is Clc1cc(/C=N\N2CCOCC2)cc2c1OCO2. The number of nitrogens with zero attached hydrogens (tertiary/aromatic N) is 2. The van der Waals surface area contributed by atoms with Crippen molar-refractivity contribution in [2.24, 2.45) is 5.10 Å². The van der Waals surface area contributed by atoms with Crippen molar-refractivity contribution in [1.29, 1.82) is 0 Å². The minimum absolute atomic E-state index is 0.221. The van der Waals surface area contributed by atoms with Crippen molar-refractivity contribution in [2.45, 2.75) is 0 Å². The minimum Gasteiger partial charge on any atom is -0.454 e. The Bertz CT molecular complexity index is 473. The fraction of sp³-hybridized carbons (Fsp3) is 0.417. The highest BCUT2D eigenvalue weighted by atomic mass is 35.5. The molecule has 96 valence electrons. The van der Waals surface area contributed by atoms with Gasteiger partial charge in [0, 0.05) is 0 Å². The van der Waals surface area contributed by atoms with Crippen LogP contribution in [-0.2, 0) is 4.74 Å². The van der Waals surface area contributed by atoms with Crippen LogP contribution in [0.1, 0.15) is 5.56 Å². The summed E-state index contributed by atoms with van der Waals surface area (Å²) in [5.74, 6) is 1.28. The van der Waals surface area contributed by atoms with Crippen LogP contribution in [-0.4, -0.2) is 44.3 Å². The summed E-state index contributed by atoms with van der Waals surface area (Å²) in [5.41, 5.74) is 0.899. The highest BCUT2D eigenvalue weighted by molar-refractivity contribution is 6.32. The second-order valence-electron chi connectivity index (χ2n) is 4.05. The Balaban J connectivity index is 1.76. The van der Waals surface area contributed by atoms with E-state index >= 15 is 0 Å². The van der Waals surface area contributed by atoms with E-state index in [2.05, 4.69) is 5.10 Å². The molecule has 1 aromatic rings. The average molecular weight is 269 g/mol. The number of ether oxygens (including phenoxy) is 3. The molecule has 5 nitrogen and oxygen atoms in total. The predicted molar refractivity (Wildman–Crippen MR) is 67.6 cm³/mol. The fourth-order valence-corrected chi connectivity index (χ4v) is 2.15. The molecule has 0 aliphatic carbocycles. The topological polar surface area (TPSA) is 43.3 Å². The Hall–Kier alpha value is -1.46. The van der Waals surface area contributed by atoms with E-state index in [4.69, 9.17) is 25.8 Å². The third kappa shape index (κ3) is 2.37. The van der Waals surface area contributed by atoms with Crippen molar-refractivity contribution in [3.63, 3.8) is 0 Å². The van der Waals surface area contributed by atoms with Gasteiger partial charge in [-0.15, -0.1) is 0 Å². The molecular weight excluding hydrogens is 256 g/mol. The van der Waals surface area contributed by atoms with Gasteiger partial charge in [-0.25, -0.2) is 0 Å². The molecule has 2 heterocycles. The zero-order valence-corrected chi connectivity index (χ0v) is 10.5. The smallest absolute Gasteiger partial charge is 0.231 e. The molecule has 0 bridgehead atoms. The Morgan fingerprint density at radius 3 is 2.89 bits per heavy atom. The summed E-state index contributed by atoms with van der Waals surface area (Å²) < 4.78 is 15.8. The van der Waals surface area contributed by atoms with Crippen LogP contribution in [0.15, 0.2) is 17.2 Å². The highest BCUT2D eigenvalue weighted by Gasteiger charge is 2.17. The molecule has 0 unspecified atom stereocenters. The number of fused-ring (bicyclic) bond motifs is 1. The second kappa shape index (κ2) is 5.04. The molecule has 0 saturated carbocycles. The van der Waals surface area contributed by atoms with Crippen LogP contribution in [0.3, 0.4) is 0 Å². The molecule has 0 amide bonds. The third-order valence-electron chi connectivity index (χ3n) is 2.81. The maximum Gasteiger partial charge on any atom is 0.231 e. The monoisotopic (exact) mass is 268 g/mol. The fourth-order valence-electron chi connectivity index (χ4n) is 1.88. The van der Waals surface area contributed by atoms with Crippen LogP contribution in [0, 0.1) is 0 Å². The lowest BCUT2D eigenvalue weighted by molar-refractivity contribution is 0.0397. The number of hydrogen-bond acceptors (Lipinski definition) is 5. The maximum absolute atomic E-state index is 6.10. The van der Waals surface area contributed by atoms with Crippen LogP contribution < -0.4 is 9.47 Å². The molecule has 2 aliphatic heterocycles. The van der Waals surface area contributed by atoms with E-state index in [0.29, 0.717) is 16.5 Å². The second-order valence-corrected chi connectivity index (χ2v) is 4.45. The first-order valence-electron chi connectivity index (χ1n) is 5.79. The van der Waals surface area contributed by atoms with E-state index in [0.717, 1.165) is 31.9 Å². The molecule has 1 aromatic carbocycles. The van der Waals surface area contributed by atoms with E-state index in [1.54, 1.807) is 6.21 Å². The highest BCUT2D eigenvalue weighted by Crippen LogP contribution is 2.39. The van der Waals surface area contributed by atoms with Crippen molar-refractivity contribution in [2.75, 3.05) is 33.1 Å². The molecule has 0 radical (unpaired) electrons. The molecule has 0 atom stereocenters. The molecule has 0 spiro atoms. The molecular formula is C12H13ClN2O3. The first-order valence-corrected chi connectivity index (χ1v) is 6.16. The van der Waals surface area contributed by atoms with Crippen molar-refractivity contribution in [1.82, 2.24) is 5.01 Å². The summed E-state index contributed by atoms with van der Waals surface area (Å²) in [6, 6.07) is 3.69. The van der Waals surface area contributed by atoms with E-state index < -0.39 is 0 Å². The largest absolute Gasteiger partial charge is 0.454 e. The Kier molecular flexibility index (Phi) is 3.25. The van der Waals surface area contributed by atoms with E-state index in [9.17, 15) is 0 Å². The van der Waals surface area contributed by atoms with Crippen molar-refractivity contribution >= 4 is 17.8 Å². The van der Waals surface area contributed by atoms with Gasteiger partial charge in [0.2, 0.25) is 6.79 Å². The lowest BCUT2D eigenvalue weighted by Gasteiger charge is -2.23. The Morgan fingerprint density at radius 1 is 1.22 bits per heavy atom. The van der Waals surface area contributed by atoms with Gasteiger partial charge in [0.1, 0.15) is 0 Å². The van der Waals surface area contributed by atoms with Crippen LogP contribution in [0.2, 0.25) is 5.02 Å². The lowest BCUT2D eigenvalue weighted by atomic mass is 10.2. The van der Waals surface area contributed by atoms with Gasteiger partial charge >= 0.3 is 0 Å². The van der Waals surface area contributed by atoms with Crippen LogP contribution >= 0.6 is 11.6 Å². The molecule has 0 aromatic heterocycles. The molecule has 0 N–H and O–H groups in total. The van der Waals surface area contributed by atoms with Crippen LogP contribution in [0.4, 0.5) is 0 Å². The number of hydrazone groups is 1. The molecule has 1 saturated heterocycles. The first kappa shape index (κ1) is 11.6. The molecule has 18 heavy (non-hydrogen) atoms. The van der Waals surface area contributed by atoms with Crippen molar-refractivity contribution in [3.05, 3.63) is 22.7 Å². The zero-order valence-electron chi connectivity index (χ0n) is 9.76. The number of benzene rings is 1. The summed E-state index contributed by atoms with van der Waals surface area (Å²) in [5, 5.41) is 6.92. The van der Waals surface area contributed by atoms with Gasteiger partial charge < -0.3 is 14.2 Å². The summed E-state index contributed by atoms with van der Waals surface area (Å²) >= 11 is 6.10. The quantitative estimate of drug-likeness (QED) is 0.767. The number of halogens is 1. The minimum atomic E-state index is 0.221. The van der Waals surface area contributed by atoms with Gasteiger partial charge in [-0.1, -0.05) is 11.6 Å². The maximum atomic E-state index is 6.10. The molecule has 6 heteroatoms. The number of hydrogen-bond donors (Lipinski definition) is 0. The average Bonchev–Trinajstić information content (AvgIpc) is 2.86. The number of rotatable bonds is 2. The normalized spacial score (nSPS) is 18.6. The summed E-state index contributed by atoms with van der Waals surface area (Å²) in [6.45, 7) is 3.29. The predicted octanol–water partition coefficient (Wildman–Crippen LogP) is 1.73. The number of morpholine rings is 1. The van der Waals surface area contributed by atoms with Gasteiger partial charge in [-0.2, -0.15) is 5.10 Å². The lowest BCUT2D eigenvalue weighted by Crippen LogP contribution is -2.32. The molecule has 3 rings (SSSR count). The van der Waals surface area contributed by atoms with E-state index in [1.165, 1.54) is 0 Å². The van der Waals surface area contributed by atoms with E-state index in [1.807, 2.05) is 17.1 Å². The Morgan fingerprint density at radius 2 is 2.06 bits per heavy atom. The zero-order chi connectivity index (χ0) is 12.4. The van der Waals surface area contributed by atoms with Gasteiger partial charge in [0.05, 0.1) is 37.5 Å². The molecule has 1 fully saturated rings. The standard InChI is InChI=1S/C12H13ClN2O3/c13-10-5-9(6-11-12(10)18-8-17-11)7-14-15-1-3-16-4-2-15/h5-7H,1-4,8H2/b14-7-. The molecule has 2 aliphatic rings. The van der Waals surface area contributed by atoms with Gasteiger partial charge in [-0.3, -0.25) is 5.01 Å². The van der Waals surface area contributed by atoms with Crippen molar-refractivity contribution < 1.29 is 14.2 Å². The van der Waals surface area contributed by atoms with Gasteiger partial charge in [0.15, 0.2) is 11.5 Å². The van der Waals surface area contributed by atoms with Crippen LogP contribution in [0.5, 0.6) is 11.5 Å².